The number of rotatable bonds is 5. The Morgan fingerprint density at radius 2 is 2.00 bits per heavy atom. The van der Waals surface area contributed by atoms with Crippen LogP contribution in [0.5, 0.6) is 5.75 Å². The molecule has 0 N–H and O–H groups in total. The van der Waals surface area contributed by atoms with Crippen molar-refractivity contribution in [3.8, 4) is 5.75 Å². The highest BCUT2D eigenvalue weighted by atomic mass is 79.9. The van der Waals surface area contributed by atoms with Gasteiger partial charge in [0, 0.05) is 0 Å². The van der Waals surface area contributed by atoms with Crippen molar-refractivity contribution in [2.75, 3.05) is 6.61 Å². The van der Waals surface area contributed by atoms with Gasteiger partial charge in [0.05, 0.1) is 16.5 Å². The molecular formula is C18H18BrClO. The Kier molecular flexibility index (Phi) is 4.56. The van der Waals surface area contributed by atoms with Crippen molar-refractivity contribution in [2.45, 2.75) is 24.6 Å². The van der Waals surface area contributed by atoms with E-state index in [9.17, 15) is 0 Å². The van der Waals surface area contributed by atoms with Crippen molar-refractivity contribution in [3.05, 3.63) is 64.1 Å². The minimum Gasteiger partial charge on any atom is -0.493 e. The van der Waals surface area contributed by atoms with E-state index in [1.54, 1.807) is 0 Å². The van der Waals surface area contributed by atoms with Crippen LogP contribution in [0.1, 0.15) is 35.8 Å². The maximum Gasteiger partial charge on any atom is 0.133 e. The Morgan fingerprint density at radius 1 is 1.24 bits per heavy atom. The van der Waals surface area contributed by atoms with E-state index >= 15 is 0 Å². The van der Waals surface area contributed by atoms with Crippen molar-refractivity contribution in [3.63, 3.8) is 0 Å². The van der Waals surface area contributed by atoms with Crippen molar-refractivity contribution in [1.82, 2.24) is 0 Å². The molecule has 110 valence electrons. The lowest BCUT2D eigenvalue weighted by molar-refractivity contribution is 0.338. The molecule has 1 saturated carbocycles. The molecule has 1 aliphatic carbocycles. The van der Waals surface area contributed by atoms with Gasteiger partial charge in [0.1, 0.15) is 5.75 Å². The second-order valence-electron chi connectivity index (χ2n) is 5.44. The van der Waals surface area contributed by atoms with Crippen LogP contribution in [0.3, 0.4) is 0 Å². The summed E-state index contributed by atoms with van der Waals surface area (Å²) in [5, 5.41) is 0.0576. The number of hydrogen-bond donors (Lipinski definition) is 0. The van der Waals surface area contributed by atoms with Gasteiger partial charge in [-0.2, -0.15) is 0 Å². The number of ether oxygens (including phenoxy) is 1. The summed E-state index contributed by atoms with van der Waals surface area (Å²) >= 11 is 10.3. The molecule has 3 rings (SSSR count). The fourth-order valence-electron chi connectivity index (χ4n) is 2.83. The van der Waals surface area contributed by atoms with E-state index in [1.807, 2.05) is 13.0 Å². The molecule has 2 aromatic rings. The van der Waals surface area contributed by atoms with E-state index in [4.69, 9.17) is 16.3 Å². The highest BCUT2D eigenvalue weighted by molar-refractivity contribution is 9.10. The lowest BCUT2D eigenvalue weighted by Gasteiger charge is -2.12. The molecule has 0 spiro atoms. The molecule has 1 aliphatic rings. The second kappa shape index (κ2) is 6.41. The van der Waals surface area contributed by atoms with Gasteiger partial charge in [-0.25, -0.2) is 0 Å². The average molecular weight is 366 g/mol. The van der Waals surface area contributed by atoms with Crippen molar-refractivity contribution >= 4 is 27.5 Å². The quantitative estimate of drug-likeness (QED) is 0.597. The zero-order chi connectivity index (χ0) is 14.8. The summed E-state index contributed by atoms with van der Waals surface area (Å²) in [4.78, 5) is 0. The fraction of sp³-hybridized carbons (Fsp3) is 0.333. The van der Waals surface area contributed by atoms with Crippen LogP contribution < -0.4 is 4.74 Å². The molecule has 3 unspecified atom stereocenters. The van der Waals surface area contributed by atoms with Crippen molar-refractivity contribution in [2.24, 2.45) is 5.92 Å². The minimum absolute atomic E-state index is 0.0576. The van der Waals surface area contributed by atoms with Crippen molar-refractivity contribution < 1.29 is 4.74 Å². The van der Waals surface area contributed by atoms with Crippen LogP contribution in [0.4, 0.5) is 0 Å². The van der Waals surface area contributed by atoms with Crippen LogP contribution in [0.15, 0.2) is 53.0 Å². The number of alkyl halides is 1. The van der Waals surface area contributed by atoms with Gasteiger partial charge < -0.3 is 4.74 Å². The van der Waals surface area contributed by atoms with Gasteiger partial charge in [0.25, 0.3) is 0 Å². The molecular weight excluding hydrogens is 348 g/mol. The summed E-state index contributed by atoms with van der Waals surface area (Å²) in [6.07, 6.45) is 1.17. The summed E-state index contributed by atoms with van der Waals surface area (Å²) in [5.41, 5.74) is 2.56. The van der Waals surface area contributed by atoms with E-state index in [-0.39, 0.29) is 5.38 Å². The topological polar surface area (TPSA) is 9.23 Å². The highest BCUT2D eigenvalue weighted by Gasteiger charge is 2.43. The molecule has 0 amide bonds. The molecule has 0 saturated heterocycles. The molecule has 0 aliphatic heterocycles. The van der Waals surface area contributed by atoms with E-state index in [0.29, 0.717) is 18.4 Å². The largest absolute Gasteiger partial charge is 0.493 e. The van der Waals surface area contributed by atoms with Gasteiger partial charge in [-0.1, -0.05) is 36.4 Å². The fourth-order valence-corrected chi connectivity index (χ4v) is 3.76. The SMILES string of the molecule is CCOc1ccc(C(Cl)C2CC2c2ccccc2)cc1Br. The third kappa shape index (κ3) is 3.27. The molecule has 3 atom stereocenters. The number of halogens is 2. The Labute approximate surface area is 139 Å². The predicted molar refractivity (Wildman–Crippen MR) is 91.2 cm³/mol. The second-order valence-corrected chi connectivity index (χ2v) is 6.77. The number of hydrogen-bond acceptors (Lipinski definition) is 1. The maximum atomic E-state index is 6.69. The van der Waals surface area contributed by atoms with E-state index in [0.717, 1.165) is 15.8 Å². The molecule has 0 heterocycles. The first-order chi connectivity index (χ1) is 10.2. The summed E-state index contributed by atoms with van der Waals surface area (Å²) < 4.78 is 6.52. The highest BCUT2D eigenvalue weighted by Crippen LogP contribution is 2.56. The Hall–Kier alpha value is -0.990. The first-order valence-corrected chi connectivity index (χ1v) is 8.55. The standard InChI is InChI=1S/C18H18BrClO/c1-2-21-17-9-8-13(10-16(17)19)18(20)15-11-14(15)12-6-4-3-5-7-12/h3-10,14-15,18H,2,11H2,1H3. The van der Waals surface area contributed by atoms with Gasteiger partial charge >= 0.3 is 0 Å². The van der Waals surface area contributed by atoms with Crippen LogP contribution in [-0.2, 0) is 0 Å². The van der Waals surface area contributed by atoms with E-state index in [2.05, 4.69) is 58.4 Å². The van der Waals surface area contributed by atoms with Gasteiger partial charge in [0.15, 0.2) is 0 Å². The zero-order valence-corrected chi connectivity index (χ0v) is 14.3. The van der Waals surface area contributed by atoms with Crippen LogP contribution in [0, 0.1) is 5.92 Å². The Balaban J connectivity index is 1.72. The lowest BCUT2D eigenvalue weighted by atomic mass is 10.0. The normalized spacial score (nSPS) is 21.9. The van der Waals surface area contributed by atoms with Crippen LogP contribution >= 0.6 is 27.5 Å². The van der Waals surface area contributed by atoms with Crippen LogP contribution in [0.25, 0.3) is 0 Å². The smallest absolute Gasteiger partial charge is 0.133 e. The zero-order valence-electron chi connectivity index (χ0n) is 11.9. The van der Waals surface area contributed by atoms with E-state index in [1.165, 1.54) is 12.0 Å². The molecule has 0 bridgehead atoms. The third-order valence-electron chi connectivity index (χ3n) is 4.02. The number of benzene rings is 2. The first-order valence-electron chi connectivity index (χ1n) is 7.32. The molecule has 0 aromatic heterocycles. The summed E-state index contributed by atoms with van der Waals surface area (Å²) in [6, 6.07) is 16.8. The lowest BCUT2D eigenvalue weighted by Crippen LogP contribution is -1.97. The summed E-state index contributed by atoms with van der Waals surface area (Å²) in [5.74, 6) is 2.00. The molecule has 1 nitrogen and oxygen atoms in total. The Morgan fingerprint density at radius 3 is 2.67 bits per heavy atom. The van der Waals surface area contributed by atoms with Gasteiger partial charge in [-0.15, -0.1) is 11.6 Å². The van der Waals surface area contributed by atoms with Gasteiger partial charge in [-0.3, -0.25) is 0 Å². The minimum atomic E-state index is 0.0576. The van der Waals surface area contributed by atoms with Crippen molar-refractivity contribution in [1.29, 1.82) is 0 Å². The summed E-state index contributed by atoms with van der Waals surface area (Å²) in [6.45, 7) is 2.65. The average Bonchev–Trinajstić information content (AvgIpc) is 3.30. The molecule has 1 fully saturated rings. The maximum absolute atomic E-state index is 6.69. The third-order valence-corrected chi connectivity index (χ3v) is 5.21. The van der Waals surface area contributed by atoms with Crippen LogP contribution in [-0.4, -0.2) is 6.61 Å². The van der Waals surface area contributed by atoms with Gasteiger partial charge in [0.2, 0.25) is 0 Å². The predicted octanol–water partition coefficient (Wildman–Crippen LogP) is 5.93. The molecule has 0 radical (unpaired) electrons. The molecule has 2 aromatic carbocycles. The first kappa shape index (κ1) is 14.9. The summed E-state index contributed by atoms with van der Waals surface area (Å²) in [7, 11) is 0. The van der Waals surface area contributed by atoms with E-state index < -0.39 is 0 Å². The Bertz CT molecular complexity index is 614. The monoisotopic (exact) mass is 364 g/mol. The van der Waals surface area contributed by atoms with Crippen LogP contribution in [0.2, 0.25) is 0 Å². The molecule has 21 heavy (non-hydrogen) atoms. The van der Waals surface area contributed by atoms with Gasteiger partial charge in [-0.05, 0) is 64.4 Å². The molecule has 3 heteroatoms.